The predicted octanol–water partition coefficient (Wildman–Crippen LogP) is 4.48. The van der Waals surface area contributed by atoms with E-state index in [9.17, 15) is 13.5 Å². The van der Waals surface area contributed by atoms with Crippen LogP contribution in [-0.4, -0.2) is 13.5 Å². The van der Waals surface area contributed by atoms with Gasteiger partial charge in [-0.1, -0.05) is 42.0 Å². The standard InChI is InChI=1S/C20H19NO3S/c1-14-4-3-5-16(12-14)17-7-6-15(2)20(13-17)21-25(23,24)19-10-8-18(22)9-11-19/h3-13,21-22H,1-2H3. The second kappa shape index (κ2) is 6.61. The van der Waals surface area contributed by atoms with Crippen molar-refractivity contribution >= 4 is 15.7 Å². The lowest BCUT2D eigenvalue weighted by atomic mass is 10.0. The number of hydrogen-bond acceptors (Lipinski definition) is 3. The highest BCUT2D eigenvalue weighted by atomic mass is 32.2. The SMILES string of the molecule is Cc1cccc(-c2ccc(C)c(NS(=O)(=O)c3ccc(O)cc3)c2)c1. The summed E-state index contributed by atoms with van der Waals surface area (Å²) in [5.41, 5.74) is 4.48. The molecule has 0 aliphatic rings. The van der Waals surface area contributed by atoms with Gasteiger partial charge in [-0.3, -0.25) is 4.72 Å². The lowest BCUT2D eigenvalue weighted by molar-refractivity contribution is 0.475. The molecule has 0 aromatic heterocycles. The Bertz CT molecular complexity index is 1010. The van der Waals surface area contributed by atoms with Gasteiger partial charge in [0.25, 0.3) is 10.0 Å². The van der Waals surface area contributed by atoms with Crippen LogP contribution in [0, 0.1) is 13.8 Å². The molecule has 5 heteroatoms. The zero-order valence-electron chi connectivity index (χ0n) is 14.0. The van der Waals surface area contributed by atoms with E-state index in [0.717, 1.165) is 22.3 Å². The first kappa shape index (κ1) is 17.0. The Morgan fingerprint density at radius 2 is 1.52 bits per heavy atom. The molecule has 0 aliphatic carbocycles. The van der Waals surface area contributed by atoms with E-state index >= 15 is 0 Å². The molecule has 0 saturated heterocycles. The summed E-state index contributed by atoms with van der Waals surface area (Å²) in [6, 6.07) is 19.2. The topological polar surface area (TPSA) is 66.4 Å². The van der Waals surface area contributed by atoms with Crippen LogP contribution in [0.1, 0.15) is 11.1 Å². The van der Waals surface area contributed by atoms with Crippen LogP contribution >= 0.6 is 0 Å². The molecule has 0 bridgehead atoms. The Morgan fingerprint density at radius 3 is 2.20 bits per heavy atom. The van der Waals surface area contributed by atoms with Gasteiger partial charge in [-0.15, -0.1) is 0 Å². The van der Waals surface area contributed by atoms with Crippen molar-refractivity contribution in [3.63, 3.8) is 0 Å². The van der Waals surface area contributed by atoms with E-state index in [4.69, 9.17) is 0 Å². The third-order valence-corrected chi connectivity index (χ3v) is 5.36. The highest BCUT2D eigenvalue weighted by Gasteiger charge is 2.15. The quantitative estimate of drug-likeness (QED) is 0.727. The van der Waals surface area contributed by atoms with Crippen molar-refractivity contribution in [3.8, 4) is 16.9 Å². The number of anilines is 1. The van der Waals surface area contributed by atoms with E-state index in [-0.39, 0.29) is 10.6 Å². The van der Waals surface area contributed by atoms with E-state index < -0.39 is 10.0 Å². The minimum absolute atomic E-state index is 0.0246. The molecular formula is C20H19NO3S. The van der Waals surface area contributed by atoms with E-state index in [1.165, 1.54) is 24.3 Å². The third-order valence-electron chi connectivity index (χ3n) is 3.98. The van der Waals surface area contributed by atoms with Crippen molar-refractivity contribution in [1.82, 2.24) is 0 Å². The number of phenolic OH excluding ortho intramolecular Hbond substituents is 1. The van der Waals surface area contributed by atoms with Gasteiger partial charge in [0.1, 0.15) is 5.75 Å². The summed E-state index contributed by atoms with van der Waals surface area (Å²) in [5.74, 6) is 0.0246. The van der Waals surface area contributed by atoms with Gasteiger partial charge in [-0.05, 0) is 60.9 Å². The molecular weight excluding hydrogens is 334 g/mol. The molecule has 0 aliphatic heterocycles. The average molecular weight is 353 g/mol. The van der Waals surface area contributed by atoms with Crippen molar-refractivity contribution in [2.75, 3.05) is 4.72 Å². The maximum atomic E-state index is 12.6. The van der Waals surface area contributed by atoms with Crippen molar-refractivity contribution in [2.24, 2.45) is 0 Å². The number of aryl methyl sites for hydroxylation is 2. The number of phenols is 1. The molecule has 0 heterocycles. The zero-order valence-corrected chi connectivity index (χ0v) is 14.8. The molecule has 0 atom stereocenters. The van der Waals surface area contributed by atoms with Gasteiger partial charge >= 0.3 is 0 Å². The average Bonchev–Trinajstić information content (AvgIpc) is 2.57. The summed E-state index contributed by atoms with van der Waals surface area (Å²) >= 11 is 0. The number of aromatic hydroxyl groups is 1. The van der Waals surface area contributed by atoms with Gasteiger partial charge in [-0.25, -0.2) is 8.42 Å². The van der Waals surface area contributed by atoms with Crippen molar-refractivity contribution in [2.45, 2.75) is 18.7 Å². The Hall–Kier alpha value is -2.79. The highest BCUT2D eigenvalue weighted by molar-refractivity contribution is 7.92. The van der Waals surface area contributed by atoms with E-state index in [1.54, 1.807) is 0 Å². The number of hydrogen-bond donors (Lipinski definition) is 2. The molecule has 3 aromatic carbocycles. The van der Waals surface area contributed by atoms with Crippen LogP contribution in [0.2, 0.25) is 0 Å². The Labute approximate surface area is 147 Å². The van der Waals surface area contributed by atoms with Crippen LogP contribution in [0.3, 0.4) is 0 Å². The van der Waals surface area contributed by atoms with Gasteiger partial charge in [0.15, 0.2) is 0 Å². The van der Waals surface area contributed by atoms with Crippen molar-refractivity contribution in [3.05, 3.63) is 77.9 Å². The van der Waals surface area contributed by atoms with Gasteiger partial charge < -0.3 is 5.11 Å². The molecule has 2 N–H and O–H groups in total. The fourth-order valence-corrected chi connectivity index (χ4v) is 3.69. The normalized spacial score (nSPS) is 11.3. The van der Waals surface area contributed by atoms with Crippen LogP contribution in [-0.2, 0) is 10.0 Å². The highest BCUT2D eigenvalue weighted by Crippen LogP contribution is 2.28. The smallest absolute Gasteiger partial charge is 0.261 e. The second-order valence-corrected chi connectivity index (χ2v) is 7.68. The summed E-state index contributed by atoms with van der Waals surface area (Å²) in [6.45, 7) is 3.88. The molecule has 0 saturated carbocycles. The number of sulfonamides is 1. The van der Waals surface area contributed by atoms with Gasteiger partial charge in [0.2, 0.25) is 0 Å². The van der Waals surface area contributed by atoms with Crippen LogP contribution in [0.25, 0.3) is 11.1 Å². The molecule has 0 fully saturated rings. The maximum absolute atomic E-state index is 12.6. The predicted molar refractivity (Wildman–Crippen MR) is 100 cm³/mol. The monoisotopic (exact) mass is 353 g/mol. The molecule has 3 aromatic rings. The molecule has 0 amide bonds. The van der Waals surface area contributed by atoms with Crippen LogP contribution in [0.5, 0.6) is 5.75 Å². The summed E-state index contributed by atoms with van der Waals surface area (Å²) in [7, 11) is -3.72. The minimum atomic E-state index is -3.72. The molecule has 0 unspecified atom stereocenters. The molecule has 0 spiro atoms. The Morgan fingerprint density at radius 1 is 0.840 bits per heavy atom. The lowest BCUT2D eigenvalue weighted by Gasteiger charge is -2.13. The Balaban J connectivity index is 1.97. The third kappa shape index (κ3) is 3.83. The van der Waals surface area contributed by atoms with Crippen molar-refractivity contribution in [1.29, 1.82) is 0 Å². The number of rotatable bonds is 4. The number of benzene rings is 3. The molecule has 3 rings (SSSR count). The first-order valence-corrected chi connectivity index (χ1v) is 9.33. The minimum Gasteiger partial charge on any atom is -0.508 e. The lowest BCUT2D eigenvalue weighted by Crippen LogP contribution is -2.13. The summed E-state index contributed by atoms with van der Waals surface area (Å²) in [4.78, 5) is 0.102. The zero-order chi connectivity index (χ0) is 18.0. The molecule has 25 heavy (non-hydrogen) atoms. The molecule has 4 nitrogen and oxygen atoms in total. The summed E-state index contributed by atoms with van der Waals surface area (Å²) in [5, 5.41) is 9.33. The Kier molecular flexibility index (Phi) is 4.51. The first-order chi connectivity index (χ1) is 11.8. The second-order valence-electron chi connectivity index (χ2n) is 6.00. The van der Waals surface area contributed by atoms with E-state index in [2.05, 4.69) is 10.8 Å². The fourth-order valence-electron chi connectivity index (χ4n) is 2.57. The maximum Gasteiger partial charge on any atom is 0.261 e. The van der Waals surface area contributed by atoms with Crippen molar-refractivity contribution < 1.29 is 13.5 Å². The fraction of sp³-hybridized carbons (Fsp3) is 0.100. The van der Waals surface area contributed by atoms with Crippen LogP contribution < -0.4 is 4.72 Å². The van der Waals surface area contributed by atoms with Crippen LogP contribution in [0.15, 0.2) is 71.6 Å². The summed E-state index contributed by atoms with van der Waals surface area (Å²) in [6.07, 6.45) is 0. The first-order valence-electron chi connectivity index (χ1n) is 7.85. The van der Waals surface area contributed by atoms with E-state index in [0.29, 0.717) is 5.69 Å². The van der Waals surface area contributed by atoms with Crippen LogP contribution in [0.4, 0.5) is 5.69 Å². The van der Waals surface area contributed by atoms with Gasteiger partial charge in [-0.2, -0.15) is 0 Å². The molecule has 128 valence electrons. The van der Waals surface area contributed by atoms with Gasteiger partial charge in [0.05, 0.1) is 10.6 Å². The van der Waals surface area contributed by atoms with Gasteiger partial charge in [0, 0.05) is 0 Å². The largest absolute Gasteiger partial charge is 0.508 e. The molecule has 0 radical (unpaired) electrons. The van der Waals surface area contributed by atoms with E-state index in [1.807, 2.05) is 50.2 Å². The summed E-state index contributed by atoms with van der Waals surface area (Å²) < 4.78 is 27.8. The number of nitrogens with one attached hydrogen (secondary N) is 1.